The summed E-state index contributed by atoms with van der Waals surface area (Å²) in [4.78, 5) is 11.3. The fraction of sp³-hybridized carbons (Fsp3) is 0.158. The summed E-state index contributed by atoms with van der Waals surface area (Å²) in [7, 11) is 0. The highest BCUT2D eigenvalue weighted by molar-refractivity contribution is 6.30. The predicted molar refractivity (Wildman–Crippen MR) is 94.1 cm³/mol. The zero-order valence-electron chi connectivity index (χ0n) is 13.5. The van der Waals surface area contributed by atoms with Gasteiger partial charge in [0, 0.05) is 11.1 Å². The van der Waals surface area contributed by atoms with Crippen molar-refractivity contribution >= 4 is 17.4 Å². The van der Waals surface area contributed by atoms with Crippen LogP contribution in [0.4, 0.5) is 0 Å². The number of rotatable bonds is 5. The Bertz CT molecular complexity index is 855. The molecule has 0 aliphatic rings. The Kier molecular flexibility index (Phi) is 4.67. The molecule has 122 valence electrons. The first-order valence-corrected chi connectivity index (χ1v) is 7.97. The lowest BCUT2D eigenvalue weighted by atomic mass is 10.1. The number of para-hydroxylation sites is 1. The van der Waals surface area contributed by atoms with E-state index in [4.69, 9.17) is 16.3 Å². The van der Waals surface area contributed by atoms with Gasteiger partial charge in [-0.15, -0.1) is 0 Å². The van der Waals surface area contributed by atoms with Crippen LogP contribution in [0.5, 0.6) is 5.75 Å². The van der Waals surface area contributed by atoms with Crippen molar-refractivity contribution in [2.45, 2.75) is 20.5 Å². The standard InChI is InChI=1S/C19H17ClN2O2/c1-13-18(12-24-17-10-8-15(9-11-17)14(2)23)19(20)22(21-13)16-6-4-3-5-7-16/h3-11H,12H2,1-2H3. The van der Waals surface area contributed by atoms with E-state index in [0.717, 1.165) is 16.9 Å². The topological polar surface area (TPSA) is 44.1 Å². The third-order valence-electron chi connectivity index (χ3n) is 3.77. The van der Waals surface area contributed by atoms with Crippen LogP contribution >= 0.6 is 11.6 Å². The SMILES string of the molecule is CC(=O)c1ccc(OCc2c(C)nn(-c3ccccc3)c2Cl)cc1. The summed E-state index contributed by atoms with van der Waals surface area (Å²) in [6, 6.07) is 16.8. The molecule has 0 fully saturated rings. The van der Waals surface area contributed by atoms with Gasteiger partial charge in [0.25, 0.3) is 0 Å². The highest BCUT2D eigenvalue weighted by atomic mass is 35.5. The van der Waals surface area contributed by atoms with Gasteiger partial charge in [0.15, 0.2) is 5.78 Å². The number of halogens is 1. The summed E-state index contributed by atoms with van der Waals surface area (Å²) in [5, 5.41) is 5.03. The number of ketones is 1. The molecule has 3 aromatic rings. The van der Waals surface area contributed by atoms with Crippen LogP contribution in [0, 0.1) is 6.92 Å². The summed E-state index contributed by atoms with van der Waals surface area (Å²) in [6.45, 7) is 3.76. The molecule has 0 N–H and O–H groups in total. The molecular weight excluding hydrogens is 324 g/mol. The van der Waals surface area contributed by atoms with Crippen LogP contribution in [0.2, 0.25) is 5.15 Å². The van der Waals surface area contributed by atoms with Gasteiger partial charge < -0.3 is 4.74 Å². The van der Waals surface area contributed by atoms with Crippen LogP contribution in [-0.4, -0.2) is 15.6 Å². The second kappa shape index (κ2) is 6.89. The van der Waals surface area contributed by atoms with Crippen LogP contribution in [-0.2, 0) is 6.61 Å². The molecule has 24 heavy (non-hydrogen) atoms. The van der Waals surface area contributed by atoms with Crippen LogP contribution in [0.25, 0.3) is 5.69 Å². The van der Waals surface area contributed by atoms with Gasteiger partial charge >= 0.3 is 0 Å². The molecule has 0 aliphatic carbocycles. The lowest BCUT2D eigenvalue weighted by Gasteiger charge is -2.07. The molecule has 0 spiro atoms. The fourth-order valence-corrected chi connectivity index (χ4v) is 2.70. The van der Waals surface area contributed by atoms with Crippen molar-refractivity contribution in [2.75, 3.05) is 0 Å². The Morgan fingerprint density at radius 1 is 1.12 bits per heavy atom. The molecule has 4 nitrogen and oxygen atoms in total. The van der Waals surface area contributed by atoms with Crippen LogP contribution in [0.3, 0.4) is 0 Å². The molecule has 0 unspecified atom stereocenters. The number of Topliss-reactive ketones (excluding diaryl/α,β-unsaturated/α-hetero) is 1. The van der Waals surface area contributed by atoms with Gasteiger partial charge in [-0.2, -0.15) is 5.10 Å². The van der Waals surface area contributed by atoms with Gasteiger partial charge in [-0.1, -0.05) is 29.8 Å². The summed E-state index contributed by atoms with van der Waals surface area (Å²) in [6.07, 6.45) is 0. The molecule has 0 atom stereocenters. The van der Waals surface area contributed by atoms with Crippen LogP contribution in [0.15, 0.2) is 54.6 Å². The quantitative estimate of drug-likeness (QED) is 0.637. The minimum Gasteiger partial charge on any atom is -0.489 e. The smallest absolute Gasteiger partial charge is 0.159 e. The zero-order chi connectivity index (χ0) is 17.1. The van der Waals surface area contributed by atoms with Gasteiger partial charge in [0.05, 0.1) is 11.4 Å². The number of carbonyl (C=O) groups is 1. The van der Waals surface area contributed by atoms with Crippen LogP contribution < -0.4 is 4.74 Å². The molecule has 2 aromatic carbocycles. The third kappa shape index (κ3) is 3.34. The van der Waals surface area contributed by atoms with Gasteiger partial charge in [-0.3, -0.25) is 4.79 Å². The maximum absolute atomic E-state index is 11.3. The highest BCUT2D eigenvalue weighted by Gasteiger charge is 2.15. The molecule has 5 heteroatoms. The number of nitrogens with zero attached hydrogens (tertiary/aromatic N) is 2. The summed E-state index contributed by atoms with van der Waals surface area (Å²) >= 11 is 6.47. The Morgan fingerprint density at radius 2 is 1.79 bits per heavy atom. The summed E-state index contributed by atoms with van der Waals surface area (Å²) < 4.78 is 7.49. The summed E-state index contributed by atoms with van der Waals surface area (Å²) in [5.41, 5.74) is 3.23. The van der Waals surface area contributed by atoms with Crippen LogP contribution in [0.1, 0.15) is 28.5 Å². The van der Waals surface area contributed by atoms with E-state index in [1.54, 1.807) is 28.9 Å². The molecular formula is C19H17ClN2O2. The molecule has 0 saturated heterocycles. The molecule has 0 amide bonds. The Morgan fingerprint density at radius 3 is 2.42 bits per heavy atom. The van der Waals surface area contributed by atoms with E-state index in [-0.39, 0.29) is 5.78 Å². The Balaban J connectivity index is 1.78. The van der Waals surface area contributed by atoms with E-state index >= 15 is 0 Å². The van der Waals surface area contributed by atoms with E-state index in [1.165, 1.54) is 6.92 Å². The van der Waals surface area contributed by atoms with Crippen molar-refractivity contribution in [3.63, 3.8) is 0 Å². The van der Waals surface area contributed by atoms with E-state index in [0.29, 0.717) is 23.1 Å². The number of aromatic nitrogens is 2. The first-order valence-electron chi connectivity index (χ1n) is 7.59. The van der Waals surface area contributed by atoms with E-state index < -0.39 is 0 Å². The molecule has 0 radical (unpaired) electrons. The lowest BCUT2D eigenvalue weighted by molar-refractivity contribution is 0.101. The van der Waals surface area contributed by atoms with Crippen molar-refractivity contribution in [1.82, 2.24) is 9.78 Å². The fourth-order valence-electron chi connectivity index (χ4n) is 2.38. The number of hydrogen-bond acceptors (Lipinski definition) is 3. The molecule has 0 aliphatic heterocycles. The second-order valence-electron chi connectivity index (χ2n) is 5.47. The van der Waals surface area contributed by atoms with Crippen molar-refractivity contribution in [2.24, 2.45) is 0 Å². The van der Waals surface area contributed by atoms with E-state index in [9.17, 15) is 4.79 Å². The minimum atomic E-state index is 0.0320. The molecule has 3 rings (SSSR count). The second-order valence-corrected chi connectivity index (χ2v) is 5.83. The Labute approximate surface area is 145 Å². The lowest BCUT2D eigenvalue weighted by Crippen LogP contribution is -1.99. The normalized spacial score (nSPS) is 10.6. The maximum atomic E-state index is 11.3. The number of benzene rings is 2. The maximum Gasteiger partial charge on any atom is 0.159 e. The number of aryl methyl sites for hydroxylation is 1. The number of carbonyl (C=O) groups excluding carboxylic acids is 1. The zero-order valence-corrected chi connectivity index (χ0v) is 14.2. The minimum absolute atomic E-state index is 0.0320. The van der Waals surface area contributed by atoms with E-state index in [2.05, 4.69) is 5.10 Å². The van der Waals surface area contributed by atoms with Gasteiger partial charge in [0.2, 0.25) is 0 Å². The average molecular weight is 341 g/mol. The average Bonchev–Trinajstić information content (AvgIpc) is 2.88. The first-order chi connectivity index (χ1) is 11.6. The van der Waals surface area contributed by atoms with Crippen molar-refractivity contribution in [3.8, 4) is 11.4 Å². The molecule has 0 saturated carbocycles. The largest absolute Gasteiger partial charge is 0.489 e. The van der Waals surface area contributed by atoms with Crippen molar-refractivity contribution in [3.05, 3.63) is 76.6 Å². The van der Waals surface area contributed by atoms with E-state index in [1.807, 2.05) is 37.3 Å². The molecule has 1 heterocycles. The Hall–Kier alpha value is -2.59. The third-order valence-corrected chi connectivity index (χ3v) is 4.15. The highest BCUT2D eigenvalue weighted by Crippen LogP contribution is 2.25. The summed E-state index contributed by atoms with van der Waals surface area (Å²) in [5.74, 6) is 0.715. The van der Waals surface area contributed by atoms with Crippen molar-refractivity contribution in [1.29, 1.82) is 0 Å². The van der Waals surface area contributed by atoms with Crippen molar-refractivity contribution < 1.29 is 9.53 Å². The monoisotopic (exact) mass is 340 g/mol. The predicted octanol–water partition coefficient (Wildman–Crippen LogP) is 4.62. The van der Waals surface area contributed by atoms with Gasteiger partial charge in [0.1, 0.15) is 17.5 Å². The molecule has 0 bridgehead atoms. The number of ether oxygens (including phenoxy) is 1. The van der Waals surface area contributed by atoms with Gasteiger partial charge in [-0.25, -0.2) is 4.68 Å². The first kappa shape index (κ1) is 16.3. The number of hydrogen-bond donors (Lipinski definition) is 0. The van der Waals surface area contributed by atoms with Gasteiger partial charge in [-0.05, 0) is 50.2 Å². The molecule has 1 aromatic heterocycles.